The Balaban J connectivity index is 1.52. The maximum atomic E-state index is 14.8. The quantitative estimate of drug-likeness (QED) is 0.205. The monoisotopic (exact) mass is 680 g/mol. The number of ketones is 1. The van der Waals surface area contributed by atoms with Crippen LogP contribution in [0.25, 0.3) is 0 Å². The minimum Gasteiger partial charge on any atom is -0.299 e. The zero-order valence-electron chi connectivity index (χ0n) is 24.9. The largest absolute Gasteiger partial charge is 0.299 e. The molecule has 6 atom stereocenters. The van der Waals surface area contributed by atoms with E-state index in [1.165, 1.54) is 12.1 Å². The first-order chi connectivity index (χ1) is 21.4. The number of rotatable bonds is 6. The molecular weight excluding hydrogens is 647 g/mol. The highest BCUT2D eigenvalue weighted by molar-refractivity contribution is 7.92. The summed E-state index contributed by atoms with van der Waals surface area (Å²) in [6.07, 6.45) is 0.276. The number of halogens is 2. The molecule has 0 heterocycles. The summed E-state index contributed by atoms with van der Waals surface area (Å²) in [5.41, 5.74) is 3.21. The van der Waals surface area contributed by atoms with E-state index in [0.29, 0.717) is 15.6 Å². The number of fused-ring (bicyclic) bond motifs is 1. The van der Waals surface area contributed by atoms with Crippen molar-refractivity contribution in [2.24, 2.45) is 11.8 Å². The van der Waals surface area contributed by atoms with Crippen molar-refractivity contribution in [1.82, 2.24) is 0 Å². The highest BCUT2D eigenvalue weighted by Crippen LogP contribution is 2.54. The zero-order chi connectivity index (χ0) is 32.1. The van der Waals surface area contributed by atoms with Crippen LogP contribution < -0.4 is 0 Å². The van der Waals surface area contributed by atoms with Gasteiger partial charge in [-0.2, -0.15) is 0 Å². The molecule has 6 rings (SSSR count). The summed E-state index contributed by atoms with van der Waals surface area (Å²) in [4.78, 5) is 14.4. The van der Waals surface area contributed by atoms with Gasteiger partial charge in [-0.05, 0) is 91.8 Å². The van der Waals surface area contributed by atoms with Gasteiger partial charge in [-0.25, -0.2) is 16.8 Å². The van der Waals surface area contributed by atoms with Gasteiger partial charge >= 0.3 is 0 Å². The predicted octanol–water partition coefficient (Wildman–Crippen LogP) is 8.16. The summed E-state index contributed by atoms with van der Waals surface area (Å²) < 4.78 is 58.2. The van der Waals surface area contributed by atoms with Crippen LogP contribution in [0.15, 0.2) is 107 Å². The third-order valence-corrected chi connectivity index (χ3v) is 15.0. The lowest BCUT2D eigenvalue weighted by Gasteiger charge is -2.48. The highest BCUT2D eigenvalue weighted by atomic mass is 35.5. The fourth-order valence-electron chi connectivity index (χ4n) is 7.51. The summed E-state index contributed by atoms with van der Waals surface area (Å²) in [7, 11) is -7.88. The van der Waals surface area contributed by atoms with Crippen molar-refractivity contribution in [3.8, 4) is 0 Å². The molecule has 9 heteroatoms. The smallest absolute Gasteiger partial charge is 0.182 e. The third kappa shape index (κ3) is 6.00. The SMILES string of the molecule is Cc1ccc(C2C[C@@H]3C(S(=O)(=O)c4ccccc4C)[C@H](c4ccc(Cl)cc4)CC(=O)[C@@H]3CC2S(=O)(=O)c2ccc(Cl)cc2)cc1. The Hall–Kier alpha value is -2.97. The van der Waals surface area contributed by atoms with E-state index in [9.17, 15) is 21.6 Å². The average Bonchev–Trinajstić information content (AvgIpc) is 3.01. The van der Waals surface area contributed by atoms with Crippen molar-refractivity contribution in [3.63, 3.8) is 0 Å². The first-order valence-corrected chi connectivity index (χ1v) is 18.9. The Bertz CT molecular complexity index is 1940. The van der Waals surface area contributed by atoms with Crippen molar-refractivity contribution in [1.29, 1.82) is 0 Å². The standard InChI is InChI=1S/C36H34Cl2O5S2/c1-22-7-9-24(10-8-22)29-19-32-31(21-35(29)44(40,41)28-17-15-27(38)16-18-28)33(39)20-30(25-11-13-26(37)14-12-25)36(32)45(42,43)34-6-4-3-5-23(34)2/h3-18,29-32,35-36H,19-21H2,1-2H3/t29?,30-,31+,32-,35?,36?/m0/s1. The summed E-state index contributed by atoms with van der Waals surface area (Å²) in [5.74, 6) is -2.57. The Kier molecular flexibility index (Phi) is 8.76. The molecule has 2 aliphatic rings. The molecule has 5 nitrogen and oxygen atoms in total. The van der Waals surface area contributed by atoms with Gasteiger partial charge in [0, 0.05) is 34.2 Å². The molecule has 3 unspecified atom stereocenters. The Morgan fingerprint density at radius 2 is 1.18 bits per heavy atom. The van der Waals surface area contributed by atoms with E-state index in [0.717, 1.165) is 16.7 Å². The minimum atomic E-state index is -3.97. The number of carbonyl (C=O) groups excluding carboxylic acids is 1. The van der Waals surface area contributed by atoms with Crippen LogP contribution >= 0.6 is 23.2 Å². The first-order valence-electron chi connectivity index (χ1n) is 15.0. The number of carbonyl (C=O) groups is 1. The van der Waals surface area contributed by atoms with Gasteiger partial charge in [-0.15, -0.1) is 0 Å². The van der Waals surface area contributed by atoms with E-state index in [1.54, 1.807) is 67.6 Å². The van der Waals surface area contributed by atoms with Gasteiger partial charge in [-0.1, -0.05) is 83.4 Å². The molecule has 2 aliphatic carbocycles. The molecular formula is C36H34Cl2O5S2. The van der Waals surface area contributed by atoms with Gasteiger partial charge in [-0.3, -0.25) is 4.79 Å². The fourth-order valence-corrected chi connectivity index (χ4v) is 12.3. The molecule has 0 bridgehead atoms. The lowest BCUT2D eigenvalue weighted by Crippen LogP contribution is -2.53. The van der Waals surface area contributed by atoms with Gasteiger partial charge in [0.2, 0.25) is 0 Å². The van der Waals surface area contributed by atoms with Crippen LogP contribution in [0.5, 0.6) is 0 Å². The van der Waals surface area contributed by atoms with Crippen LogP contribution in [0.1, 0.15) is 53.4 Å². The number of aryl methyl sites for hydroxylation is 2. The van der Waals surface area contributed by atoms with Gasteiger partial charge in [0.05, 0.1) is 20.3 Å². The molecule has 234 valence electrons. The maximum absolute atomic E-state index is 14.8. The van der Waals surface area contributed by atoms with E-state index in [4.69, 9.17) is 23.2 Å². The van der Waals surface area contributed by atoms with Crippen molar-refractivity contribution in [2.75, 3.05) is 0 Å². The second-order valence-electron chi connectivity index (χ2n) is 12.4. The molecule has 0 saturated heterocycles. The maximum Gasteiger partial charge on any atom is 0.182 e. The van der Waals surface area contributed by atoms with E-state index in [2.05, 4.69) is 0 Å². The van der Waals surface area contributed by atoms with Crippen LogP contribution in [0.4, 0.5) is 0 Å². The summed E-state index contributed by atoms with van der Waals surface area (Å²) in [6, 6.07) is 27.8. The molecule has 4 aromatic carbocycles. The number of hydrogen-bond acceptors (Lipinski definition) is 5. The molecule has 2 saturated carbocycles. The number of hydrogen-bond donors (Lipinski definition) is 0. The van der Waals surface area contributed by atoms with Crippen molar-refractivity contribution < 1.29 is 21.6 Å². The van der Waals surface area contributed by atoms with Gasteiger partial charge in [0.1, 0.15) is 5.78 Å². The molecule has 0 radical (unpaired) electrons. The van der Waals surface area contributed by atoms with Crippen LogP contribution in [0.2, 0.25) is 10.0 Å². The van der Waals surface area contributed by atoms with Crippen LogP contribution in [0, 0.1) is 25.7 Å². The Labute approximate surface area is 275 Å². The summed E-state index contributed by atoms with van der Waals surface area (Å²) >= 11 is 12.3. The molecule has 4 aromatic rings. The second-order valence-corrected chi connectivity index (χ2v) is 17.5. The Morgan fingerprint density at radius 3 is 1.80 bits per heavy atom. The molecule has 0 N–H and O–H groups in total. The van der Waals surface area contributed by atoms with E-state index >= 15 is 0 Å². The number of sulfone groups is 2. The molecule has 0 aliphatic heterocycles. The van der Waals surface area contributed by atoms with Crippen molar-refractivity contribution in [3.05, 3.63) is 129 Å². The molecule has 45 heavy (non-hydrogen) atoms. The van der Waals surface area contributed by atoms with Gasteiger partial charge < -0.3 is 0 Å². The number of Topliss-reactive ketones (excluding diaryl/α,β-unsaturated/α-hetero) is 1. The van der Waals surface area contributed by atoms with E-state index in [-0.39, 0.29) is 34.8 Å². The van der Waals surface area contributed by atoms with E-state index < -0.39 is 53.8 Å². The van der Waals surface area contributed by atoms with Crippen LogP contribution in [0.3, 0.4) is 0 Å². The van der Waals surface area contributed by atoms with Crippen molar-refractivity contribution in [2.45, 2.75) is 65.2 Å². The number of benzene rings is 4. The normalized spacial score (nSPS) is 25.5. The minimum absolute atomic E-state index is 0.00148. The highest BCUT2D eigenvalue weighted by Gasteiger charge is 2.56. The average molecular weight is 682 g/mol. The summed E-state index contributed by atoms with van der Waals surface area (Å²) in [6.45, 7) is 3.74. The van der Waals surface area contributed by atoms with Gasteiger partial charge in [0.15, 0.2) is 19.7 Å². The molecule has 0 spiro atoms. The topological polar surface area (TPSA) is 85.3 Å². The third-order valence-electron chi connectivity index (χ3n) is 9.73. The molecule has 0 aromatic heterocycles. The van der Waals surface area contributed by atoms with Gasteiger partial charge in [0.25, 0.3) is 0 Å². The summed E-state index contributed by atoms with van der Waals surface area (Å²) in [5, 5.41) is -0.910. The lowest BCUT2D eigenvalue weighted by molar-refractivity contribution is -0.128. The zero-order valence-corrected chi connectivity index (χ0v) is 28.1. The predicted molar refractivity (Wildman–Crippen MR) is 179 cm³/mol. The molecule has 2 fully saturated rings. The molecule has 0 amide bonds. The van der Waals surface area contributed by atoms with Crippen LogP contribution in [-0.4, -0.2) is 33.1 Å². The first kappa shape index (κ1) is 32.0. The van der Waals surface area contributed by atoms with Crippen molar-refractivity contribution >= 4 is 48.7 Å². The lowest BCUT2D eigenvalue weighted by atomic mass is 9.61. The fraction of sp³-hybridized carbons (Fsp3) is 0.306. The van der Waals surface area contributed by atoms with Crippen LogP contribution in [-0.2, 0) is 24.5 Å². The van der Waals surface area contributed by atoms with E-state index in [1.807, 2.05) is 31.2 Å². The Morgan fingerprint density at radius 1 is 0.622 bits per heavy atom. The second kappa shape index (κ2) is 12.3.